The Bertz CT molecular complexity index is 368. The highest BCUT2D eigenvalue weighted by molar-refractivity contribution is 5.27. The van der Waals surface area contributed by atoms with Gasteiger partial charge >= 0.3 is 0 Å². The summed E-state index contributed by atoms with van der Waals surface area (Å²) in [5.74, 6) is 0. The molecule has 0 aromatic carbocycles. The zero-order valence-electron chi connectivity index (χ0n) is 6.70. The van der Waals surface area contributed by atoms with Crippen LogP contribution in [-0.2, 0) is 6.61 Å². The number of rotatable bonds is 2. The summed E-state index contributed by atoms with van der Waals surface area (Å²) in [5, 5.41) is 19.4. The Morgan fingerprint density at radius 3 is 2.85 bits per heavy atom. The van der Waals surface area contributed by atoms with Crippen LogP contribution in [0.15, 0.2) is 24.7 Å². The van der Waals surface area contributed by atoms with Crippen LogP contribution in [-0.4, -0.2) is 30.3 Å². The molecule has 0 saturated carbocycles. The smallest absolute Gasteiger partial charge is 0.143 e. The normalized spacial score (nSPS) is 10.2. The van der Waals surface area contributed by atoms with E-state index in [1.54, 1.807) is 18.3 Å². The van der Waals surface area contributed by atoms with Crippen molar-refractivity contribution in [3.8, 4) is 5.69 Å². The number of hydrogen-bond acceptors (Lipinski definition) is 5. The molecule has 6 nitrogen and oxygen atoms in total. The third-order valence-corrected chi connectivity index (χ3v) is 1.58. The molecule has 2 rings (SSSR count). The first kappa shape index (κ1) is 7.81. The third kappa shape index (κ3) is 1.52. The van der Waals surface area contributed by atoms with Crippen molar-refractivity contribution in [3.05, 3.63) is 30.4 Å². The van der Waals surface area contributed by atoms with Crippen LogP contribution >= 0.6 is 0 Å². The molecule has 0 aliphatic rings. The highest BCUT2D eigenvalue weighted by Crippen LogP contribution is 2.03. The zero-order valence-corrected chi connectivity index (χ0v) is 6.70. The van der Waals surface area contributed by atoms with Crippen LogP contribution in [0, 0.1) is 0 Å². The summed E-state index contributed by atoms with van der Waals surface area (Å²) in [6, 6.07) is 3.51. The Kier molecular flexibility index (Phi) is 1.97. The van der Waals surface area contributed by atoms with Crippen LogP contribution < -0.4 is 0 Å². The summed E-state index contributed by atoms with van der Waals surface area (Å²) in [6.45, 7) is -0.0596. The lowest BCUT2D eigenvalue weighted by atomic mass is 10.3. The van der Waals surface area contributed by atoms with E-state index in [4.69, 9.17) is 5.11 Å². The number of aromatic nitrogens is 5. The maximum Gasteiger partial charge on any atom is 0.143 e. The minimum absolute atomic E-state index is 0.0596. The van der Waals surface area contributed by atoms with Crippen LogP contribution in [0.25, 0.3) is 5.69 Å². The fourth-order valence-corrected chi connectivity index (χ4v) is 0.925. The molecule has 0 saturated heterocycles. The molecule has 1 N–H and O–H groups in total. The number of nitrogens with zero attached hydrogens (tertiary/aromatic N) is 5. The fourth-order valence-electron chi connectivity index (χ4n) is 0.925. The van der Waals surface area contributed by atoms with E-state index in [2.05, 4.69) is 20.5 Å². The third-order valence-electron chi connectivity index (χ3n) is 1.58. The Labute approximate surface area is 73.9 Å². The van der Waals surface area contributed by atoms with Crippen molar-refractivity contribution in [3.63, 3.8) is 0 Å². The molecule has 6 heteroatoms. The van der Waals surface area contributed by atoms with Crippen molar-refractivity contribution in [2.24, 2.45) is 0 Å². The minimum Gasteiger partial charge on any atom is -0.390 e. The van der Waals surface area contributed by atoms with Gasteiger partial charge in [-0.2, -0.15) is 4.68 Å². The molecule has 2 heterocycles. The summed E-state index contributed by atoms with van der Waals surface area (Å²) < 4.78 is 1.49. The molecule has 0 bridgehead atoms. The minimum atomic E-state index is -0.0596. The lowest BCUT2D eigenvalue weighted by Crippen LogP contribution is -1.97. The Morgan fingerprint density at radius 1 is 1.38 bits per heavy atom. The summed E-state index contributed by atoms with van der Waals surface area (Å²) in [7, 11) is 0. The van der Waals surface area contributed by atoms with E-state index < -0.39 is 0 Å². The van der Waals surface area contributed by atoms with Gasteiger partial charge in [-0.25, -0.2) is 0 Å². The maximum atomic E-state index is 8.75. The van der Waals surface area contributed by atoms with Gasteiger partial charge in [0, 0.05) is 0 Å². The Balaban J connectivity index is 2.33. The monoisotopic (exact) mass is 177 g/mol. The molecule has 0 unspecified atom stereocenters. The van der Waals surface area contributed by atoms with Gasteiger partial charge in [0.05, 0.1) is 24.2 Å². The van der Waals surface area contributed by atoms with Crippen LogP contribution in [0.1, 0.15) is 5.69 Å². The molecule has 0 aliphatic heterocycles. The van der Waals surface area contributed by atoms with Crippen molar-refractivity contribution in [2.45, 2.75) is 6.61 Å². The first-order chi connectivity index (χ1) is 6.40. The van der Waals surface area contributed by atoms with Gasteiger partial charge in [-0.15, -0.1) is 5.10 Å². The predicted octanol–water partition coefficient (Wildman–Crippen LogP) is -0.450. The fraction of sp³-hybridized carbons (Fsp3) is 0.143. The zero-order chi connectivity index (χ0) is 9.10. The average molecular weight is 177 g/mol. The molecule has 0 amide bonds. The lowest BCUT2D eigenvalue weighted by molar-refractivity contribution is 0.277. The van der Waals surface area contributed by atoms with E-state index in [0.29, 0.717) is 5.69 Å². The van der Waals surface area contributed by atoms with E-state index >= 15 is 0 Å². The second kappa shape index (κ2) is 3.28. The van der Waals surface area contributed by atoms with E-state index in [9.17, 15) is 0 Å². The number of hydrogen-bond donors (Lipinski definition) is 1. The van der Waals surface area contributed by atoms with Crippen molar-refractivity contribution in [1.82, 2.24) is 25.2 Å². The molecule has 0 spiro atoms. The number of aliphatic hydroxyl groups is 1. The summed E-state index contributed by atoms with van der Waals surface area (Å²) in [6.07, 6.45) is 3.08. The van der Waals surface area contributed by atoms with Gasteiger partial charge in [-0.05, 0) is 22.6 Å². The van der Waals surface area contributed by atoms with Gasteiger partial charge in [0.1, 0.15) is 6.33 Å². The highest BCUT2D eigenvalue weighted by atomic mass is 16.3. The van der Waals surface area contributed by atoms with Crippen molar-refractivity contribution in [2.75, 3.05) is 0 Å². The van der Waals surface area contributed by atoms with Gasteiger partial charge in [0.15, 0.2) is 0 Å². The molecule has 2 aromatic heterocycles. The van der Waals surface area contributed by atoms with E-state index in [-0.39, 0.29) is 6.61 Å². The van der Waals surface area contributed by atoms with Crippen LogP contribution in [0.2, 0.25) is 0 Å². The summed E-state index contributed by atoms with van der Waals surface area (Å²) >= 11 is 0. The molecule has 0 aliphatic carbocycles. The van der Waals surface area contributed by atoms with Gasteiger partial charge < -0.3 is 5.11 Å². The van der Waals surface area contributed by atoms with Gasteiger partial charge in [0.2, 0.25) is 0 Å². The van der Waals surface area contributed by atoms with Gasteiger partial charge in [-0.1, -0.05) is 0 Å². The maximum absolute atomic E-state index is 8.75. The lowest BCUT2D eigenvalue weighted by Gasteiger charge is -1.98. The highest BCUT2D eigenvalue weighted by Gasteiger charge is 1.97. The Hall–Kier alpha value is -1.82. The van der Waals surface area contributed by atoms with E-state index in [1.165, 1.54) is 11.0 Å². The van der Waals surface area contributed by atoms with E-state index in [1.807, 2.05) is 0 Å². The number of aliphatic hydroxyl groups excluding tert-OH is 1. The van der Waals surface area contributed by atoms with Crippen molar-refractivity contribution >= 4 is 0 Å². The molecular formula is C7H7N5O. The molecule has 2 aromatic rings. The predicted molar refractivity (Wildman–Crippen MR) is 42.9 cm³/mol. The quantitative estimate of drug-likeness (QED) is 0.672. The van der Waals surface area contributed by atoms with Crippen molar-refractivity contribution in [1.29, 1.82) is 0 Å². The molecular weight excluding hydrogens is 170 g/mol. The second-order valence-electron chi connectivity index (χ2n) is 2.42. The van der Waals surface area contributed by atoms with Crippen LogP contribution in [0.3, 0.4) is 0 Å². The molecule has 0 radical (unpaired) electrons. The van der Waals surface area contributed by atoms with Gasteiger partial charge in [0.25, 0.3) is 0 Å². The topological polar surface area (TPSA) is 76.7 Å². The summed E-state index contributed by atoms with van der Waals surface area (Å²) in [5.41, 5.74) is 1.39. The van der Waals surface area contributed by atoms with Crippen LogP contribution in [0.5, 0.6) is 0 Å². The number of pyridine rings is 1. The second-order valence-corrected chi connectivity index (χ2v) is 2.42. The van der Waals surface area contributed by atoms with Crippen LogP contribution in [0.4, 0.5) is 0 Å². The SMILES string of the molecule is OCc1ccc(-n2cnnn2)cn1. The number of tetrazole rings is 1. The Morgan fingerprint density at radius 2 is 2.31 bits per heavy atom. The molecule has 66 valence electrons. The first-order valence-electron chi connectivity index (χ1n) is 3.69. The average Bonchev–Trinajstić information content (AvgIpc) is 2.71. The molecule has 13 heavy (non-hydrogen) atoms. The molecule has 0 fully saturated rings. The molecule has 0 atom stereocenters. The standard InChI is InChI=1S/C7H7N5O/c13-4-6-1-2-7(3-8-6)12-5-9-10-11-12/h1-3,5,13H,4H2. The van der Waals surface area contributed by atoms with E-state index in [0.717, 1.165) is 5.69 Å². The largest absolute Gasteiger partial charge is 0.390 e. The first-order valence-corrected chi connectivity index (χ1v) is 3.69. The van der Waals surface area contributed by atoms with Crippen molar-refractivity contribution < 1.29 is 5.11 Å². The summed E-state index contributed by atoms with van der Waals surface area (Å²) in [4.78, 5) is 3.99. The van der Waals surface area contributed by atoms with Gasteiger partial charge in [-0.3, -0.25) is 4.98 Å².